The lowest BCUT2D eigenvalue weighted by molar-refractivity contribution is -0.384. The zero-order valence-corrected chi connectivity index (χ0v) is 10.3. The summed E-state index contributed by atoms with van der Waals surface area (Å²) in [4.78, 5) is 12.9. The van der Waals surface area contributed by atoms with Crippen LogP contribution >= 0.6 is 0 Å². The van der Waals surface area contributed by atoms with E-state index in [-0.39, 0.29) is 12.3 Å². The fourth-order valence-corrected chi connectivity index (χ4v) is 1.43. The number of aliphatic hydroxyl groups excluding tert-OH is 1. The Morgan fingerprint density at radius 1 is 1.60 bits per heavy atom. The second-order valence-electron chi connectivity index (χ2n) is 3.82. The Balaban J connectivity index is 3.15. The molecule has 0 aromatic carbocycles. The highest BCUT2D eigenvalue weighted by Crippen LogP contribution is 2.33. The van der Waals surface area contributed by atoms with Gasteiger partial charge in [0.25, 0.3) is 0 Å². The van der Waals surface area contributed by atoms with Gasteiger partial charge >= 0.3 is 11.9 Å². The van der Waals surface area contributed by atoms with E-state index in [2.05, 4.69) is 10.3 Å². The molecule has 7 nitrogen and oxygen atoms in total. The maximum atomic E-state index is 12.5. The Labute approximate surface area is 111 Å². The summed E-state index contributed by atoms with van der Waals surface area (Å²) < 4.78 is 42.3. The van der Waals surface area contributed by atoms with E-state index in [9.17, 15) is 23.3 Å². The van der Waals surface area contributed by atoms with Crippen molar-refractivity contribution in [2.24, 2.45) is 0 Å². The summed E-state index contributed by atoms with van der Waals surface area (Å²) >= 11 is 0. The molecule has 0 saturated heterocycles. The first kappa shape index (κ1) is 16.1. The van der Waals surface area contributed by atoms with Gasteiger partial charge in [0.2, 0.25) is 0 Å². The van der Waals surface area contributed by atoms with Gasteiger partial charge in [0.05, 0.1) is 24.2 Å². The predicted molar refractivity (Wildman–Crippen MR) is 62.3 cm³/mol. The number of halogens is 3. The molecule has 20 heavy (non-hydrogen) atoms. The molecule has 0 amide bonds. The number of alkyl halides is 3. The van der Waals surface area contributed by atoms with Crippen molar-refractivity contribution in [1.29, 1.82) is 0 Å². The van der Waals surface area contributed by atoms with E-state index < -0.39 is 35.1 Å². The first-order valence-corrected chi connectivity index (χ1v) is 5.37. The van der Waals surface area contributed by atoms with Crippen molar-refractivity contribution < 1.29 is 27.9 Å². The van der Waals surface area contributed by atoms with Gasteiger partial charge in [0.15, 0.2) is 0 Å². The normalized spacial score (nSPS) is 13.1. The van der Waals surface area contributed by atoms with Crippen molar-refractivity contribution in [3.8, 4) is 0 Å². The molecule has 112 valence electrons. The van der Waals surface area contributed by atoms with E-state index in [4.69, 9.17) is 9.84 Å². The van der Waals surface area contributed by atoms with Gasteiger partial charge in [-0.3, -0.25) is 10.1 Å². The second-order valence-corrected chi connectivity index (χ2v) is 3.82. The summed E-state index contributed by atoms with van der Waals surface area (Å²) in [5, 5.41) is 22.2. The van der Waals surface area contributed by atoms with Gasteiger partial charge < -0.3 is 15.2 Å². The smallest absolute Gasteiger partial charge is 0.394 e. The molecule has 2 N–H and O–H groups in total. The molecule has 1 heterocycles. The molecule has 0 aliphatic carbocycles. The number of methoxy groups -OCH3 is 1. The molecule has 1 atom stereocenters. The number of rotatable bonds is 6. The topological polar surface area (TPSA) is 97.5 Å². The molecular formula is C10H12F3N3O4. The van der Waals surface area contributed by atoms with Crippen LogP contribution in [0.1, 0.15) is 5.69 Å². The maximum absolute atomic E-state index is 12.5. The fourth-order valence-electron chi connectivity index (χ4n) is 1.43. The molecule has 0 spiro atoms. The molecule has 1 aromatic rings. The first-order chi connectivity index (χ1) is 9.29. The van der Waals surface area contributed by atoms with Gasteiger partial charge in [-0.1, -0.05) is 0 Å². The largest absolute Gasteiger partial charge is 0.433 e. The molecule has 1 rings (SSSR count). The molecule has 0 aliphatic rings. The Hall–Kier alpha value is -1.94. The molecule has 0 fully saturated rings. The van der Waals surface area contributed by atoms with Gasteiger partial charge in [0, 0.05) is 7.11 Å². The van der Waals surface area contributed by atoms with Gasteiger partial charge in [-0.2, -0.15) is 13.2 Å². The number of hydrogen-bond acceptors (Lipinski definition) is 6. The van der Waals surface area contributed by atoms with E-state index >= 15 is 0 Å². The third-order valence-electron chi connectivity index (χ3n) is 2.32. The predicted octanol–water partition coefficient (Wildman–Crippen LogP) is 1.43. The Kier molecular flexibility index (Phi) is 5.22. The summed E-state index contributed by atoms with van der Waals surface area (Å²) in [6.45, 7) is -0.494. The van der Waals surface area contributed by atoms with Crippen LogP contribution in [0.5, 0.6) is 0 Å². The number of aromatic nitrogens is 1. The summed E-state index contributed by atoms with van der Waals surface area (Å²) in [6.07, 6.45) is -4.20. The SMILES string of the molecule is COCC(CO)Nc1cc(C(F)(F)F)ncc1[N+](=O)[O-]. The number of pyridine rings is 1. The minimum Gasteiger partial charge on any atom is -0.394 e. The Morgan fingerprint density at radius 3 is 2.70 bits per heavy atom. The van der Waals surface area contributed by atoms with Crippen LogP contribution in [0.3, 0.4) is 0 Å². The molecule has 1 aromatic heterocycles. The molecule has 0 saturated carbocycles. The van der Waals surface area contributed by atoms with Crippen molar-refractivity contribution in [1.82, 2.24) is 4.98 Å². The quantitative estimate of drug-likeness (QED) is 0.608. The van der Waals surface area contributed by atoms with Crippen LogP contribution in [0.2, 0.25) is 0 Å². The van der Waals surface area contributed by atoms with Crippen LogP contribution in [0, 0.1) is 10.1 Å². The van der Waals surface area contributed by atoms with Crippen LogP contribution < -0.4 is 5.32 Å². The van der Waals surface area contributed by atoms with Crippen LogP contribution in [-0.4, -0.2) is 41.4 Å². The average Bonchev–Trinajstić information content (AvgIpc) is 2.36. The number of nitro groups is 1. The summed E-state index contributed by atoms with van der Waals surface area (Å²) in [5.74, 6) is 0. The van der Waals surface area contributed by atoms with E-state index in [1.807, 2.05) is 0 Å². The lowest BCUT2D eigenvalue weighted by atomic mass is 10.2. The van der Waals surface area contributed by atoms with Crippen molar-refractivity contribution in [2.45, 2.75) is 12.2 Å². The summed E-state index contributed by atoms with van der Waals surface area (Å²) in [7, 11) is 1.33. The Bertz CT molecular complexity index is 481. The minimum atomic E-state index is -4.72. The zero-order valence-electron chi connectivity index (χ0n) is 10.3. The first-order valence-electron chi connectivity index (χ1n) is 5.37. The van der Waals surface area contributed by atoms with Crippen molar-refractivity contribution in [3.63, 3.8) is 0 Å². The third-order valence-corrected chi connectivity index (χ3v) is 2.32. The van der Waals surface area contributed by atoms with E-state index in [0.717, 1.165) is 0 Å². The maximum Gasteiger partial charge on any atom is 0.433 e. The molecule has 0 bridgehead atoms. The summed E-state index contributed by atoms with van der Waals surface area (Å²) in [6, 6.07) is -0.251. The number of ether oxygens (including phenoxy) is 1. The summed E-state index contributed by atoms with van der Waals surface area (Å²) in [5.41, 5.74) is -2.26. The molecule has 1 unspecified atom stereocenters. The highest BCUT2D eigenvalue weighted by molar-refractivity contribution is 5.61. The van der Waals surface area contributed by atoms with Gasteiger partial charge in [-0.15, -0.1) is 0 Å². The highest BCUT2D eigenvalue weighted by Gasteiger charge is 2.34. The standard InChI is InChI=1S/C10H12F3N3O4/c1-20-5-6(4-17)15-7-2-9(10(11,12)13)14-3-8(7)16(18)19/h2-3,6,17H,4-5H2,1H3,(H,14,15). The number of anilines is 1. The van der Waals surface area contributed by atoms with Crippen LogP contribution in [0.4, 0.5) is 24.5 Å². The molecule has 0 radical (unpaired) electrons. The van der Waals surface area contributed by atoms with E-state index in [0.29, 0.717) is 12.3 Å². The fraction of sp³-hybridized carbons (Fsp3) is 0.500. The lowest BCUT2D eigenvalue weighted by Crippen LogP contribution is -2.29. The van der Waals surface area contributed by atoms with Crippen molar-refractivity contribution >= 4 is 11.4 Å². The van der Waals surface area contributed by atoms with Gasteiger partial charge in [-0.05, 0) is 6.07 Å². The van der Waals surface area contributed by atoms with Crippen molar-refractivity contribution in [3.05, 3.63) is 28.1 Å². The minimum absolute atomic E-state index is 0.0304. The third kappa shape index (κ3) is 4.03. The van der Waals surface area contributed by atoms with Crippen LogP contribution in [0.15, 0.2) is 12.3 Å². The number of nitrogens with zero attached hydrogens (tertiary/aromatic N) is 2. The number of aliphatic hydroxyl groups is 1. The van der Waals surface area contributed by atoms with Gasteiger partial charge in [-0.25, -0.2) is 4.98 Å². The van der Waals surface area contributed by atoms with E-state index in [1.165, 1.54) is 7.11 Å². The number of nitrogens with one attached hydrogen (secondary N) is 1. The van der Waals surface area contributed by atoms with Gasteiger partial charge in [0.1, 0.15) is 17.6 Å². The molecule has 0 aliphatic heterocycles. The zero-order chi connectivity index (χ0) is 15.3. The second kappa shape index (κ2) is 6.48. The van der Waals surface area contributed by atoms with Crippen LogP contribution in [-0.2, 0) is 10.9 Å². The molecular weight excluding hydrogens is 283 g/mol. The number of hydrogen-bond donors (Lipinski definition) is 2. The molecule has 10 heteroatoms. The lowest BCUT2D eigenvalue weighted by Gasteiger charge is -2.17. The monoisotopic (exact) mass is 295 g/mol. The van der Waals surface area contributed by atoms with Crippen LogP contribution in [0.25, 0.3) is 0 Å². The van der Waals surface area contributed by atoms with Crippen molar-refractivity contribution in [2.75, 3.05) is 25.6 Å². The average molecular weight is 295 g/mol. The Morgan fingerprint density at radius 2 is 2.25 bits per heavy atom. The highest BCUT2D eigenvalue weighted by atomic mass is 19.4. The van der Waals surface area contributed by atoms with E-state index in [1.54, 1.807) is 0 Å².